The first kappa shape index (κ1) is 24.5. The zero-order valence-corrected chi connectivity index (χ0v) is 23.3. The van der Waals surface area contributed by atoms with Crippen molar-refractivity contribution in [2.75, 3.05) is 0 Å². The lowest BCUT2D eigenvalue weighted by atomic mass is 9.91. The van der Waals surface area contributed by atoms with Crippen LogP contribution in [-0.2, 0) is 19.3 Å². The van der Waals surface area contributed by atoms with Crippen molar-refractivity contribution < 1.29 is 0 Å². The predicted octanol–water partition coefficient (Wildman–Crippen LogP) is 8.82. The van der Waals surface area contributed by atoms with Crippen molar-refractivity contribution in [3.05, 3.63) is 125 Å². The van der Waals surface area contributed by atoms with Crippen molar-refractivity contribution in [3.63, 3.8) is 0 Å². The number of allylic oxidation sites excluding steroid dienone is 1. The third-order valence-corrected chi connectivity index (χ3v) is 8.98. The molecular formula is C38H28N4. The Hall–Kier alpha value is -5.32. The summed E-state index contributed by atoms with van der Waals surface area (Å²) < 4.78 is 4.65. The Morgan fingerprint density at radius 3 is 1.83 bits per heavy atom. The molecule has 0 saturated heterocycles. The van der Waals surface area contributed by atoms with Crippen molar-refractivity contribution in [1.82, 2.24) is 9.13 Å². The summed E-state index contributed by atoms with van der Waals surface area (Å²) >= 11 is 0. The average Bonchev–Trinajstić information content (AvgIpc) is 3.57. The summed E-state index contributed by atoms with van der Waals surface area (Å²) in [7, 11) is 0. The molecule has 2 aromatic heterocycles. The Labute approximate surface area is 245 Å². The van der Waals surface area contributed by atoms with Gasteiger partial charge in [0.25, 0.3) is 0 Å². The first-order valence-electron chi connectivity index (χ1n) is 14.7. The van der Waals surface area contributed by atoms with E-state index in [1.807, 2.05) is 24.3 Å². The van der Waals surface area contributed by atoms with Gasteiger partial charge in [0, 0.05) is 33.5 Å². The Bertz CT molecular complexity index is 2120. The van der Waals surface area contributed by atoms with E-state index in [0.717, 1.165) is 59.2 Å². The number of benzene rings is 4. The number of hydrogen-bond donors (Lipinski definition) is 0. The largest absolute Gasteiger partial charge is 0.314 e. The van der Waals surface area contributed by atoms with Gasteiger partial charge in [-0.15, -0.1) is 0 Å². The van der Waals surface area contributed by atoms with Crippen LogP contribution in [0.25, 0.3) is 50.4 Å². The molecule has 6 aromatic rings. The highest BCUT2D eigenvalue weighted by atomic mass is 15.0. The van der Waals surface area contributed by atoms with Crippen molar-refractivity contribution in [3.8, 4) is 34.6 Å². The van der Waals surface area contributed by atoms with Crippen LogP contribution in [0.4, 0.5) is 0 Å². The SMILES string of the molecule is N#Cc1cc(-c2cc(C#N)cc(-n3c4ccccc4c4ccccc43)c2)cc(-n2c3c(c4c2CCCC4)CCC=C3)c1. The van der Waals surface area contributed by atoms with E-state index in [9.17, 15) is 10.5 Å². The van der Waals surface area contributed by atoms with Gasteiger partial charge < -0.3 is 9.13 Å². The molecule has 4 nitrogen and oxygen atoms in total. The summed E-state index contributed by atoms with van der Waals surface area (Å²) in [6.07, 6.45) is 11.3. The number of aromatic nitrogens is 2. The van der Waals surface area contributed by atoms with Crippen LogP contribution in [0, 0.1) is 22.7 Å². The van der Waals surface area contributed by atoms with Crippen LogP contribution >= 0.6 is 0 Å². The summed E-state index contributed by atoms with van der Waals surface area (Å²) in [6, 6.07) is 33.9. The molecule has 0 aliphatic heterocycles. The summed E-state index contributed by atoms with van der Waals surface area (Å²) in [5.41, 5.74) is 12.9. The minimum absolute atomic E-state index is 0.590. The van der Waals surface area contributed by atoms with Crippen LogP contribution in [-0.4, -0.2) is 9.13 Å². The summed E-state index contributed by atoms with van der Waals surface area (Å²) in [5, 5.41) is 22.6. The molecule has 2 aliphatic rings. The monoisotopic (exact) mass is 540 g/mol. The molecule has 0 bridgehead atoms. The molecule has 0 atom stereocenters. The fourth-order valence-electron chi connectivity index (χ4n) is 7.21. The molecule has 200 valence electrons. The second-order valence-corrected chi connectivity index (χ2v) is 11.4. The van der Waals surface area contributed by atoms with E-state index in [0.29, 0.717) is 11.1 Å². The molecule has 8 rings (SSSR count). The lowest BCUT2D eigenvalue weighted by Crippen LogP contribution is -2.08. The minimum Gasteiger partial charge on any atom is -0.314 e. The van der Waals surface area contributed by atoms with Crippen molar-refractivity contribution >= 4 is 27.9 Å². The van der Waals surface area contributed by atoms with Gasteiger partial charge in [-0.25, -0.2) is 0 Å². The van der Waals surface area contributed by atoms with Gasteiger partial charge in [-0.05, 0) is 115 Å². The van der Waals surface area contributed by atoms with E-state index in [-0.39, 0.29) is 0 Å². The molecule has 2 heterocycles. The summed E-state index contributed by atoms with van der Waals surface area (Å²) in [6.45, 7) is 0. The van der Waals surface area contributed by atoms with E-state index in [1.165, 1.54) is 46.1 Å². The lowest BCUT2D eigenvalue weighted by molar-refractivity contribution is 0.660. The Kier molecular flexibility index (Phi) is 5.62. The third kappa shape index (κ3) is 3.73. The second kappa shape index (κ2) is 9.65. The highest BCUT2D eigenvalue weighted by molar-refractivity contribution is 6.09. The first-order chi connectivity index (χ1) is 20.7. The molecule has 0 N–H and O–H groups in total. The van der Waals surface area contributed by atoms with Gasteiger partial charge >= 0.3 is 0 Å². The van der Waals surface area contributed by atoms with Crippen LogP contribution in [0.5, 0.6) is 0 Å². The van der Waals surface area contributed by atoms with Gasteiger partial charge in [-0.1, -0.05) is 42.5 Å². The van der Waals surface area contributed by atoms with Gasteiger partial charge in [0.2, 0.25) is 0 Å². The molecule has 0 spiro atoms. The number of rotatable bonds is 3. The van der Waals surface area contributed by atoms with Gasteiger partial charge in [-0.2, -0.15) is 10.5 Å². The molecule has 4 aromatic carbocycles. The number of nitriles is 2. The number of hydrogen-bond acceptors (Lipinski definition) is 2. The fourth-order valence-corrected chi connectivity index (χ4v) is 7.21. The molecule has 42 heavy (non-hydrogen) atoms. The molecule has 0 fully saturated rings. The molecule has 4 heteroatoms. The molecule has 0 amide bonds. The maximum atomic E-state index is 10.1. The Balaban J connectivity index is 1.36. The van der Waals surface area contributed by atoms with Crippen LogP contribution in [0.3, 0.4) is 0 Å². The number of fused-ring (bicyclic) bond motifs is 6. The van der Waals surface area contributed by atoms with E-state index < -0.39 is 0 Å². The smallest absolute Gasteiger partial charge is 0.0992 e. The lowest BCUT2D eigenvalue weighted by Gasteiger charge is -2.18. The summed E-state index contributed by atoms with van der Waals surface area (Å²) in [5.74, 6) is 0. The average molecular weight is 541 g/mol. The number of para-hydroxylation sites is 2. The van der Waals surface area contributed by atoms with Gasteiger partial charge in [-0.3, -0.25) is 0 Å². The fraction of sp³-hybridized carbons (Fsp3) is 0.158. The van der Waals surface area contributed by atoms with E-state index in [4.69, 9.17) is 0 Å². The Morgan fingerprint density at radius 1 is 0.595 bits per heavy atom. The maximum absolute atomic E-state index is 10.1. The standard InChI is InChI=1S/C38H28N4/c39-23-25-17-27(21-29(19-25)41-35-13-5-1-9-31(35)32-10-2-6-14-36(32)41)28-18-26(24-40)20-30(22-28)42-37-15-7-3-11-33(37)34-12-4-8-16-38(34)42/h1-2,5-7,9-10,13-15,17-22H,3-4,8,11-12,16H2. The number of nitrogens with zero attached hydrogens (tertiary/aromatic N) is 4. The topological polar surface area (TPSA) is 57.4 Å². The molecule has 2 aliphatic carbocycles. The van der Waals surface area contributed by atoms with Gasteiger partial charge in [0.1, 0.15) is 0 Å². The van der Waals surface area contributed by atoms with Crippen LogP contribution in [0.2, 0.25) is 0 Å². The molecule has 0 saturated carbocycles. The Morgan fingerprint density at radius 2 is 1.19 bits per heavy atom. The minimum atomic E-state index is 0.590. The van der Waals surface area contributed by atoms with E-state index in [2.05, 4.69) is 94.1 Å². The van der Waals surface area contributed by atoms with E-state index >= 15 is 0 Å². The van der Waals surface area contributed by atoms with Crippen molar-refractivity contribution in [2.24, 2.45) is 0 Å². The molecule has 0 unspecified atom stereocenters. The van der Waals surface area contributed by atoms with E-state index in [1.54, 1.807) is 0 Å². The highest BCUT2D eigenvalue weighted by Gasteiger charge is 2.25. The summed E-state index contributed by atoms with van der Waals surface area (Å²) in [4.78, 5) is 0. The van der Waals surface area contributed by atoms with Crippen LogP contribution < -0.4 is 0 Å². The van der Waals surface area contributed by atoms with Crippen molar-refractivity contribution in [1.29, 1.82) is 10.5 Å². The van der Waals surface area contributed by atoms with Crippen molar-refractivity contribution in [2.45, 2.75) is 38.5 Å². The van der Waals surface area contributed by atoms with Gasteiger partial charge in [0.05, 0.1) is 34.3 Å². The zero-order valence-electron chi connectivity index (χ0n) is 23.3. The van der Waals surface area contributed by atoms with Crippen LogP contribution in [0.1, 0.15) is 52.9 Å². The normalized spacial score (nSPS) is 14.0. The quantitative estimate of drug-likeness (QED) is 0.225. The molecule has 0 radical (unpaired) electrons. The first-order valence-corrected chi connectivity index (χ1v) is 14.7. The maximum Gasteiger partial charge on any atom is 0.0992 e. The van der Waals surface area contributed by atoms with Crippen LogP contribution in [0.15, 0.2) is 91.0 Å². The predicted molar refractivity (Wildman–Crippen MR) is 169 cm³/mol. The highest BCUT2D eigenvalue weighted by Crippen LogP contribution is 2.38. The molecular weight excluding hydrogens is 512 g/mol. The van der Waals surface area contributed by atoms with Gasteiger partial charge in [0.15, 0.2) is 0 Å². The second-order valence-electron chi connectivity index (χ2n) is 11.4. The zero-order chi connectivity index (χ0) is 28.2. The third-order valence-electron chi connectivity index (χ3n) is 8.98.